The highest BCUT2D eigenvalue weighted by Gasteiger charge is 2.51. The van der Waals surface area contributed by atoms with Gasteiger partial charge in [0.25, 0.3) is 0 Å². The molecule has 1 aliphatic heterocycles. The summed E-state index contributed by atoms with van der Waals surface area (Å²) >= 11 is 0. The van der Waals surface area contributed by atoms with Crippen molar-refractivity contribution < 1.29 is 19.4 Å². The third-order valence-corrected chi connectivity index (χ3v) is 5.99. The molecule has 2 fully saturated rings. The van der Waals surface area contributed by atoms with Crippen LogP contribution in [0, 0.1) is 26.2 Å². The summed E-state index contributed by atoms with van der Waals surface area (Å²) in [5.74, 6) is 0.523. The van der Waals surface area contributed by atoms with E-state index in [1.165, 1.54) is 4.90 Å². The van der Waals surface area contributed by atoms with Crippen molar-refractivity contribution in [2.75, 3.05) is 13.2 Å². The lowest BCUT2D eigenvalue weighted by Crippen LogP contribution is -2.42. The molecule has 1 aromatic carbocycles. The van der Waals surface area contributed by atoms with E-state index >= 15 is 0 Å². The van der Waals surface area contributed by atoms with Gasteiger partial charge in [0.15, 0.2) is 0 Å². The number of carbonyl (C=O) groups is 2. The number of β-amino-alcohol motifs (C(OH)–C–C–N with tert-alkyl or cyclic N) is 1. The van der Waals surface area contributed by atoms with Gasteiger partial charge in [0.05, 0.1) is 12.0 Å². The van der Waals surface area contributed by atoms with Gasteiger partial charge < -0.3 is 9.84 Å². The van der Waals surface area contributed by atoms with E-state index in [0.717, 1.165) is 54.5 Å². The van der Waals surface area contributed by atoms with E-state index in [9.17, 15) is 14.7 Å². The van der Waals surface area contributed by atoms with Crippen LogP contribution in [-0.4, -0.2) is 41.1 Å². The monoisotopic (exact) mass is 359 g/mol. The van der Waals surface area contributed by atoms with Crippen molar-refractivity contribution in [2.24, 2.45) is 5.41 Å². The number of aliphatic hydroxyl groups excluding tert-OH is 1. The Morgan fingerprint density at radius 1 is 1.12 bits per heavy atom. The molecule has 2 aliphatic rings. The number of hydrogen-bond acceptors (Lipinski definition) is 4. The Hall–Kier alpha value is -1.88. The van der Waals surface area contributed by atoms with Gasteiger partial charge in [-0.25, -0.2) is 0 Å². The zero-order valence-electron chi connectivity index (χ0n) is 16.0. The van der Waals surface area contributed by atoms with Gasteiger partial charge in [-0.05, 0) is 50.3 Å². The highest BCUT2D eigenvalue weighted by molar-refractivity contribution is 6.06. The van der Waals surface area contributed by atoms with E-state index in [2.05, 4.69) is 0 Å². The number of aryl methyl sites for hydroxylation is 2. The molecule has 1 spiro atoms. The van der Waals surface area contributed by atoms with Crippen molar-refractivity contribution in [1.82, 2.24) is 4.90 Å². The SMILES string of the molecule is Cc1ccc(C)c(OC[C@H](O)CN2C(=O)CC3(CCCCC3)C2=O)c1C. The minimum Gasteiger partial charge on any atom is -0.490 e. The number of benzene rings is 1. The summed E-state index contributed by atoms with van der Waals surface area (Å²) < 4.78 is 5.83. The summed E-state index contributed by atoms with van der Waals surface area (Å²) in [6.45, 7) is 6.06. The van der Waals surface area contributed by atoms with E-state index < -0.39 is 11.5 Å². The zero-order valence-corrected chi connectivity index (χ0v) is 16.0. The van der Waals surface area contributed by atoms with E-state index in [4.69, 9.17) is 4.74 Å². The smallest absolute Gasteiger partial charge is 0.235 e. The van der Waals surface area contributed by atoms with Crippen LogP contribution in [0.25, 0.3) is 0 Å². The molecule has 0 bridgehead atoms. The molecule has 1 N–H and O–H groups in total. The first kappa shape index (κ1) is 18.9. The number of hydrogen-bond donors (Lipinski definition) is 1. The Morgan fingerprint density at radius 3 is 2.46 bits per heavy atom. The van der Waals surface area contributed by atoms with Gasteiger partial charge in [-0.3, -0.25) is 14.5 Å². The number of imide groups is 1. The van der Waals surface area contributed by atoms with Crippen LogP contribution >= 0.6 is 0 Å². The summed E-state index contributed by atoms with van der Waals surface area (Å²) in [4.78, 5) is 26.4. The van der Waals surface area contributed by atoms with Crippen molar-refractivity contribution >= 4 is 11.8 Å². The quantitative estimate of drug-likeness (QED) is 0.821. The zero-order chi connectivity index (χ0) is 18.9. The predicted molar refractivity (Wildman–Crippen MR) is 99.0 cm³/mol. The lowest BCUT2D eigenvalue weighted by molar-refractivity contribution is -0.144. The lowest BCUT2D eigenvalue weighted by atomic mass is 9.73. The summed E-state index contributed by atoms with van der Waals surface area (Å²) in [6, 6.07) is 4.03. The predicted octanol–water partition coefficient (Wildman–Crippen LogP) is 3.06. The lowest BCUT2D eigenvalue weighted by Gasteiger charge is -2.30. The second-order valence-electron chi connectivity index (χ2n) is 7.95. The first-order chi connectivity index (χ1) is 12.3. The molecule has 0 radical (unpaired) electrons. The van der Waals surface area contributed by atoms with Gasteiger partial charge in [-0.2, -0.15) is 0 Å². The molecule has 1 saturated heterocycles. The van der Waals surface area contributed by atoms with E-state index in [1.807, 2.05) is 32.9 Å². The van der Waals surface area contributed by atoms with E-state index in [0.29, 0.717) is 6.42 Å². The molecule has 1 aromatic rings. The highest BCUT2D eigenvalue weighted by Crippen LogP contribution is 2.45. The Bertz CT molecular complexity index is 706. The van der Waals surface area contributed by atoms with Gasteiger partial charge in [0.1, 0.15) is 18.5 Å². The van der Waals surface area contributed by atoms with Crippen LogP contribution in [0.3, 0.4) is 0 Å². The number of carbonyl (C=O) groups excluding carboxylic acids is 2. The molecule has 3 rings (SSSR count). The topological polar surface area (TPSA) is 66.8 Å². The van der Waals surface area contributed by atoms with Crippen LogP contribution < -0.4 is 4.74 Å². The Kier molecular flexibility index (Phi) is 5.37. The highest BCUT2D eigenvalue weighted by atomic mass is 16.5. The van der Waals surface area contributed by atoms with Crippen LogP contribution in [-0.2, 0) is 9.59 Å². The first-order valence-corrected chi connectivity index (χ1v) is 9.56. The molecular formula is C21H29NO4. The van der Waals surface area contributed by atoms with Crippen LogP contribution in [0.1, 0.15) is 55.2 Å². The molecule has 5 heteroatoms. The summed E-state index contributed by atoms with van der Waals surface area (Å²) in [5, 5.41) is 10.4. The molecule has 2 amide bonds. The molecule has 142 valence electrons. The second kappa shape index (κ2) is 7.39. The number of likely N-dealkylation sites (tertiary alicyclic amines) is 1. The molecule has 1 saturated carbocycles. The summed E-state index contributed by atoms with van der Waals surface area (Å²) in [5.41, 5.74) is 2.69. The van der Waals surface area contributed by atoms with Gasteiger partial charge in [-0.15, -0.1) is 0 Å². The molecule has 1 aliphatic carbocycles. The number of nitrogens with zero attached hydrogens (tertiary/aromatic N) is 1. The fourth-order valence-corrected chi connectivity index (χ4v) is 4.25. The fourth-order valence-electron chi connectivity index (χ4n) is 4.25. The molecule has 1 heterocycles. The molecule has 26 heavy (non-hydrogen) atoms. The summed E-state index contributed by atoms with van der Waals surface area (Å²) in [6.07, 6.45) is 4.14. The van der Waals surface area contributed by atoms with Gasteiger partial charge in [-0.1, -0.05) is 31.4 Å². The normalized spacial score (nSPS) is 20.7. The Labute approximate surface area is 155 Å². The van der Waals surface area contributed by atoms with Crippen molar-refractivity contribution in [2.45, 2.75) is 65.4 Å². The van der Waals surface area contributed by atoms with Crippen LogP contribution in [0.15, 0.2) is 12.1 Å². The standard InChI is InChI=1S/C21H29NO4/c1-14-7-8-15(2)19(16(14)3)26-13-17(23)12-22-18(24)11-21(20(22)25)9-5-4-6-10-21/h7-8,17,23H,4-6,9-13H2,1-3H3/t17-/m1/s1. The molecule has 0 unspecified atom stereocenters. The third kappa shape index (κ3) is 3.50. The van der Waals surface area contributed by atoms with Gasteiger partial charge in [0, 0.05) is 6.42 Å². The van der Waals surface area contributed by atoms with Gasteiger partial charge >= 0.3 is 0 Å². The first-order valence-electron chi connectivity index (χ1n) is 9.56. The number of rotatable bonds is 5. The van der Waals surface area contributed by atoms with Crippen molar-refractivity contribution in [3.05, 3.63) is 28.8 Å². The maximum absolute atomic E-state index is 12.8. The molecule has 0 aromatic heterocycles. The van der Waals surface area contributed by atoms with Crippen molar-refractivity contribution in [1.29, 1.82) is 0 Å². The fraction of sp³-hybridized carbons (Fsp3) is 0.619. The van der Waals surface area contributed by atoms with E-state index in [-0.39, 0.29) is 25.0 Å². The van der Waals surface area contributed by atoms with Crippen LogP contribution in [0.4, 0.5) is 0 Å². The minimum atomic E-state index is -0.888. The van der Waals surface area contributed by atoms with Crippen LogP contribution in [0.5, 0.6) is 5.75 Å². The average molecular weight is 359 g/mol. The largest absolute Gasteiger partial charge is 0.490 e. The maximum atomic E-state index is 12.8. The Morgan fingerprint density at radius 2 is 1.77 bits per heavy atom. The van der Waals surface area contributed by atoms with Crippen molar-refractivity contribution in [3.8, 4) is 5.75 Å². The number of amides is 2. The second-order valence-corrected chi connectivity index (χ2v) is 7.95. The Balaban J connectivity index is 1.62. The summed E-state index contributed by atoms with van der Waals surface area (Å²) in [7, 11) is 0. The van der Waals surface area contributed by atoms with E-state index in [1.54, 1.807) is 0 Å². The molecule has 1 atom stereocenters. The minimum absolute atomic E-state index is 0.0172. The molecular weight excluding hydrogens is 330 g/mol. The van der Waals surface area contributed by atoms with Crippen LogP contribution in [0.2, 0.25) is 0 Å². The number of ether oxygens (including phenoxy) is 1. The maximum Gasteiger partial charge on any atom is 0.235 e. The van der Waals surface area contributed by atoms with Crippen molar-refractivity contribution in [3.63, 3.8) is 0 Å². The average Bonchev–Trinajstić information content (AvgIpc) is 2.83. The molecule has 5 nitrogen and oxygen atoms in total. The third-order valence-electron chi connectivity index (χ3n) is 5.99. The number of aliphatic hydroxyl groups is 1. The van der Waals surface area contributed by atoms with Gasteiger partial charge in [0.2, 0.25) is 11.8 Å².